The molecule has 3 atom stereocenters. The van der Waals surface area contributed by atoms with Crippen LogP contribution in [0.5, 0.6) is 11.5 Å². The molecule has 1 heterocycles. The number of aromatic nitrogens is 1. The summed E-state index contributed by atoms with van der Waals surface area (Å²) in [5, 5.41) is 12.6. The van der Waals surface area contributed by atoms with Crippen molar-refractivity contribution in [3.05, 3.63) is 53.9 Å². The Labute approximate surface area is 177 Å². The van der Waals surface area contributed by atoms with Crippen molar-refractivity contribution in [2.45, 2.75) is 58.1 Å². The molecule has 2 N–H and O–H groups in total. The Kier molecular flexibility index (Phi) is 8.65. The minimum absolute atomic E-state index is 0.0714. The molecule has 30 heavy (non-hydrogen) atoms. The number of benzene rings is 1. The Hall–Kier alpha value is -3.09. The molecular weight excluding hydrogens is 384 g/mol. The number of nitrogens with one attached hydrogen (secondary N) is 1. The lowest BCUT2D eigenvalue weighted by Crippen LogP contribution is -2.41. The van der Waals surface area contributed by atoms with Gasteiger partial charge in [0.15, 0.2) is 17.2 Å². The Morgan fingerprint density at radius 1 is 1.17 bits per heavy atom. The van der Waals surface area contributed by atoms with Crippen LogP contribution in [-0.2, 0) is 9.53 Å². The van der Waals surface area contributed by atoms with Gasteiger partial charge in [-0.25, -0.2) is 9.78 Å². The molecule has 0 aliphatic carbocycles. The van der Waals surface area contributed by atoms with Crippen molar-refractivity contribution < 1.29 is 24.2 Å². The number of nitrogens with zero attached hydrogens (tertiary/aromatic N) is 1. The number of ether oxygens (including phenoxy) is 2. The van der Waals surface area contributed by atoms with Crippen molar-refractivity contribution >= 4 is 11.9 Å². The summed E-state index contributed by atoms with van der Waals surface area (Å²) in [6.07, 6.45) is 3.96. The number of hydrogen-bond donors (Lipinski definition) is 2. The minimum atomic E-state index is -0.907. The molecule has 1 amide bonds. The van der Waals surface area contributed by atoms with Crippen LogP contribution in [0.3, 0.4) is 0 Å². The monoisotopic (exact) mass is 414 g/mol. The molecule has 0 fully saturated rings. The van der Waals surface area contributed by atoms with Gasteiger partial charge in [0.05, 0.1) is 7.11 Å². The number of unbranched alkanes of at least 4 members (excludes halogenated alkanes) is 1. The van der Waals surface area contributed by atoms with Crippen LogP contribution in [0.15, 0.2) is 42.6 Å². The van der Waals surface area contributed by atoms with Gasteiger partial charge in [0.2, 0.25) is 0 Å². The minimum Gasteiger partial charge on any atom is -0.503 e. The first kappa shape index (κ1) is 23.2. The molecule has 1 unspecified atom stereocenters. The number of methoxy groups -OCH3 is 1. The van der Waals surface area contributed by atoms with Crippen LogP contribution in [0.4, 0.5) is 0 Å². The fraction of sp³-hybridized carbons (Fsp3) is 0.435. The second-order valence-electron chi connectivity index (χ2n) is 7.21. The summed E-state index contributed by atoms with van der Waals surface area (Å²) in [4.78, 5) is 28.9. The zero-order valence-corrected chi connectivity index (χ0v) is 17.9. The molecule has 0 saturated heterocycles. The number of amides is 1. The molecule has 0 aliphatic rings. The smallest absolute Gasteiger partial charge is 0.328 e. The lowest BCUT2D eigenvalue weighted by atomic mass is 9.89. The summed E-state index contributed by atoms with van der Waals surface area (Å²) >= 11 is 0. The van der Waals surface area contributed by atoms with Gasteiger partial charge in [-0.1, -0.05) is 50.1 Å². The summed E-state index contributed by atoms with van der Waals surface area (Å²) < 4.78 is 10.7. The maximum absolute atomic E-state index is 12.6. The van der Waals surface area contributed by atoms with E-state index in [-0.39, 0.29) is 29.2 Å². The largest absolute Gasteiger partial charge is 0.503 e. The molecule has 2 rings (SSSR count). The maximum atomic E-state index is 12.6. The SMILES string of the molecule is CCCC[C@H](c1ccccc1)[C@H](C)OC(=O)C(C)NC(=O)c1nccc(OC)c1O. The van der Waals surface area contributed by atoms with E-state index in [1.54, 1.807) is 0 Å². The van der Waals surface area contributed by atoms with Crippen LogP contribution in [0, 0.1) is 0 Å². The first-order valence-electron chi connectivity index (χ1n) is 10.2. The van der Waals surface area contributed by atoms with Crippen molar-refractivity contribution in [3.63, 3.8) is 0 Å². The molecule has 0 radical (unpaired) electrons. The van der Waals surface area contributed by atoms with E-state index in [1.165, 1.54) is 26.3 Å². The number of aromatic hydroxyl groups is 1. The molecule has 0 saturated carbocycles. The highest BCUT2D eigenvalue weighted by molar-refractivity contribution is 5.97. The topological polar surface area (TPSA) is 97.8 Å². The summed E-state index contributed by atoms with van der Waals surface area (Å²) in [7, 11) is 1.37. The third-order valence-electron chi connectivity index (χ3n) is 4.99. The molecule has 162 valence electrons. The molecule has 7 heteroatoms. The maximum Gasteiger partial charge on any atom is 0.328 e. The van der Waals surface area contributed by atoms with E-state index in [0.29, 0.717) is 0 Å². The normalized spacial score (nSPS) is 13.7. The average Bonchev–Trinajstić information content (AvgIpc) is 2.74. The van der Waals surface area contributed by atoms with Crippen molar-refractivity contribution in [1.82, 2.24) is 10.3 Å². The van der Waals surface area contributed by atoms with E-state index in [4.69, 9.17) is 9.47 Å². The third kappa shape index (κ3) is 5.95. The van der Waals surface area contributed by atoms with Crippen LogP contribution >= 0.6 is 0 Å². The highest BCUT2D eigenvalue weighted by Gasteiger charge is 2.27. The fourth-order valence-electron chi connectivity index (χ4n) is 3.26. The number of hydrogen-bond acceptors (Lipinski definition) is 6. The van der Waals surface area contributed by atoms with Gasteiger partial charge in [-0.15, -0.1) is 0 Å². The summed E-state index contributed by atoms with van der Waals surface area (Å²) in [6, 6.07) is 10.5. The van der Waals surface area contributed by atoms with Gasteiger partial charge in [-0.05, 0) is 25.8 Å². The Morgan fingerprint density at radius 2 is 1.87 bits per heavy atom. The average molecular weight is 415 g/mol. The van der Waals surface area contributed by atoms with Gasteiger partial charge in [0.25, 0.3) is 5.91 Å². The van der Waals surface area contributed by atoms with E-state index in [0.717, 1.165) is 24.8 Å². The molecular formula is C23H30N2O5. The van der Waals surface area contributed by atoms with Gasteiger partial charge in [0.1, 0.15) is 12.1 Å². The zero-order chi connectivity index (χ0) is 22.1. The van der Waals surface area contributed by atoms with Gasteiger partial charge in [-0.3, -0.25) is 4.79 Å². The molecule has 2 aromatic rings. The second-order valence-corrected chi connectivity index (χ2v) is 7.21. The van der Waals surface area contributed by atoms with E-state index >= 15 is 0 Å². The van der Waals surface area contributed by atoms with Crippen molar-refractivity contribution in [2.24, 2.45) is 0 Å². The van der Waals surface area contributed by atoms with Crippen LogP contribution in [-0.4, -0.2) is 41.2 Å². The molecule has 7 nitrogen and oxygen atoms in total. The Bertz CT molecular complexity index is 841. The second kappa shape index (κ2) is 11.2. The third-order valence-corrected chi connectivity index (χ3v) is 4.99. The molecule has 0 spiro atoms. The van der Waals surface area contributed by atoms with E-state index < -0.39 is 17.9 Å². The van der Waals surface area contributed by atoms with Crippen LogP contribution in [0.1, 0.15) is 62.0 Å². The van der Waals surface area contributed by atoms with Crippen LogP contribution < -0.4 is 10.1 Å². The van der Waals surface area contributed by atoms with Gasteiger partial charge in [0, 0.05) is 18.2 Å². The lowest BCUT2D eigenvalue weighted by Gasteiger charge is -2.26. The first-order chi connectivity index (χ1) is 14.4. The van der Waals surface area contributed by atoms with Crippen LogP contribution in [0.25, 0.3) is 0 Å². The summed E-state index contributed by atoms with van der Waals surface area (Å²) in [6.45, 7) is 5.53. The van der Waals surface area contributed by atoms with Crippen LogP contribution in [0.2, 0.25) is 0 Å². The molecule has 1 aromatic heterocycles. The number of rotatable bonds is 10. The molecule has 0 bridgehead atoms. The fourth-order valence-corrected chi connectivity index (χ4v) is 3.26. The number of carbonyl (C=O) groups excluding carboxylic acids is 2. The zero-order valence-electron chi connectivity index (χ0n) is 17.9. The van der Waals surface area contributed by atoms with E-state index in [1.807, 2.05) is 37.3 Å². The van der Waals surface area contributed by atoms with Gasteiger partial charge in [-0.2, -0.15) is 0 Å². The predicted molar refractivity (Wildman–Crippen MR) is 114 cm³/mol. The Balaban J connectivity index is 2.03. The Morgan fingerprint density at radius 3 is 2.50 bits per heavy atom. The molecule has 0 aliphatic heterocycles. The van der Waals surface area contributed by atoms with Crippen molar-refractivity contribution in [1.29, 1.82) is 0 Å². The standard InChI is InChI=1S/C23H30N2O5/c1-5-6-12-18(17-10-8-7-9-11-17)16(3)30-23(28)15(2)25-22(27)20-21(26)19(29-4)13-14-24-20/h7-11,13-16,18,26H,5-6,12H2,1-4H3,(H,25,27)/t15?,16-,18-/m0/s1. The highest BCUT2D eigenvalue weighted by Crippen LogP contribution is 2.29. The van der Waals surface area contributed by atoms with Crippen molar-refractivity contribution in [2.75, 3.05) is 7.11 Å². The number of carbonyl (C=O) groups is 2. The lowest BCUT2D eigenvalue weighted by molar-refractivity contribution is -0.151. The first-order valence-corrected chi connectivity index (χ1v) is 10.2. The summed E-state index contributed by atoms with van der Waals surface area (Å²) in [5.74, 6) is -1.41. The van der Waals surface area contributed by atoms with E-state index in [2.05, 4.69) is 17.2 Å². The number of pyridine rings is 1. The van der Waals surface area contributed by atoms with Gasteiger partial charge < -0.3 is 19.9 Å². The number of esters is 1. The summed E-state index contributed by atoms with van der Waals surface area (Å²) in [5.41, 5.74) is 0.903. The predicted octanol–water partition coefficient (Wildman–Crippen LogP) is 3.82. The highest BCUT2D eigenvalue weighted by atomic mass is 16.5. The van der Waals surface area contributed by atoms with E-state index in [9.17, 15) is 14.7 Å². The van der Waals surface area contributed by atoms with Gasteiger partial charge >= 0.3 is 5.97 Å². The quantitative estimate of drug-likeness (QED) is 0.574. The molecule has 1 aromatic carbocycles. The van der Waals surface area contributed by atoms with Crippen molar-refractivity contribution in [3.8, 4) is 11.5 Å².